The molecule has 6 nitrogen and oxygen atoms in total. The summed E-state index contributed by atoms with van der Waals surface area (Å²) in [4.78, 5) is 32.9. The molecule has 0 unspecified atom stereocenters. The molecule has 1 aromatic heterocycles. The van der Waals surface area contributed by atoms with Gasteiger partial charge >= 0.3 is 5.97 Å². The summed E-state index contributed by atoms with van der Waals surface area (Å²) in [5, 5.41) is 2.86. The number of ether oxygens (including phenoxy) is 1. The minimum atomic E-state index is -0.384. The molecular formula is C15H18BrN3O3. The van der Waals surface area contributed by atoms with Crippen LogP contribution in [0.25, 0.3) is 0 Å². The molecule has 1 aromatic rings. The fourth-order valence-electron chi connectivity index (χ4n) is 3.67. The van der Waals surface area contributed by atoms with Crippen LogP contribution in [0.4, 0.5) is 5.82 Å². The van der Waals surface area contributed by atoms with E-state index in [0.717, 1.165) is 38.5 Å². The Bertz CT molecular complexity index is 578. The highest BCUT2D eigenvalue weighted by Gasteiger charge is 2.56. The predicted molar refractivity (Wildman–Crippen MR) is 82.9 cm³/mol. The molecule has 0 aliphatic heterocycles. The van der Waals surface area contributed by atoms with E-state index < -0.39 is 0 Å². The number of anilines is 1. The molecule has 118 valence electrons. The minimum absolute atomic E-state index is 0.0118. The molecule has 3 aliphatic carbocycles. The molecule has 0 radical (unpaired) electrons. The highest BCUT2D eigenvalue weighted by Crippen LogP contribution is 2.57. The zero-order chi connectivity index (χ0) is 15.8. The van der Waals surface area contributed by atoms with Crippen LogP contribution in [0.3, 0.4) is 0 Å². The number of methoxy groups -OCH3 is 1. The molecule has 3 fully saturated rings. The van der Waals surface area contributed by atoms with Crippen LogP contribution in [-0.4, -0.2) is 29.0 Å². The molecule has 0 atom stereocenters. The second kappa shape index (κ2) is 5.61. The highest BCUT2D eigenvalue weighted by atomic mass is 79.9. The number of hydrogen-bond acceptors (Lipinski definition) is 5. The number of halogens is 1. The van der Waals surface area contributed by atoms with Crippen LogP contribution in [0.5, 0.6) is 0 Å². The summed E-state index contributed by atoms with van der Waals surface area (Å²) in [5.74, 6) is 0.320. The standard InChI is InChI=1S/C15H18BrN3O3/c1-22-13(21)15-5-2-14(3-6-15,4-7-15)12(20)19-11-9-17-10(16)8-18-11/h8-9H,2-7H2,1H3,(H,18,19,20). The van der Waals surface area contributed by atoms with Crippen LogP contribution in [0.2, 0.25) is 0 Å². The molecule has 2 bridgehead atoms. The second-order valence-corrected chi connectivity index (χ2v) is 7.04. The Morgan fingerprint density at radius 1 is 1.09 bits per heavy atom. The molecule has 0 saturated heterocycles. The summed E-state index contributed by atoms with van der Waals surface area (Å²) >= 11 is 3.22. The third-order valence-electron chi connectivity index (χ3n) is 5.21. The van der Waals surface area contributed by atoms with Crippen molar-refractivity contribution in [3.63, 3.8) is 0 Å². The summed E-state index contributed by atoms with van der Waals surface area (Å²) in [6.07, 6.45) is 7.41. The van der Waals surface area contributed by atoms with Gasteiger partial charge in [-0.1, -0.05) is 0 Å². The first-order valence-electron chi connectivity index (χ1n) is 7.37. The quantitative estimate of drug-likeness (QED) is 0.830. The number of fused-ring (bicyclic) bond motifs is 3. The Kier molecular flexibility index (Phi) is 3.92. The van der Waals surface area contributed by atoms with E-state index in [-0.39, 0.29) is 22.7 Å². The van der Waals surface area contributed by atoms with Crippen molar-refractivity contribution in [3.05, 3.63) is 17.0 Å². The highest BCUT2D eigenvalue weighted by molar-refractivity contribution is 9.10. The third-order valence-corrected chi connectivity index (χ3v) is 5.62. The average Bonchev–Trinajstić information content (AvgIpc) is 2.57. The number of hydrogen-bond donors (Lipinski definition) is 1. The van der Waals surface area contributed by atoms with Crippen molar-refractivity contribution >= 4 is 33.6 Å². The van der Waals surface area contributed by atoms with Crippen LogP contribution in [0, 0.1) is 10.8 Å². The van der Waals surface area contributed by atoms with E-state index in [9.17, 15) is 9.59 Å². The number of nitrogens with zero attached hydrogens (tertiary/aromatic N) is 2. The van der Waals surface area contributed by atoms with Gasteiger partial charge in [0.25, 0.3) is 0 Å². The Balaban J connectivity index is 1.70. The number of aromatic nitrogens is 2. The first-order chi connectivity index (χ1) is 10.5. The summed E-state index contributed by atoms with van der Waals surface area (Å²) in [5.41, 5.74) is -0.751. The molecule has 4 rings (SSSR count). The van der Waals surface area contributed by atoms with E-state index in [1.165, 1.54) is 13.3 Å². The molecule has 1 amide bonds. The molecule has 7 heteroatoms. The number of rotatable bonds is 3. The van der Waals surface area contributed by atoms with Gasteiger partial charge in [0.1, 0.15) is 4.60 Å². The maximum absolute atomic E-state index is 12.7. The van der Waals surface area contributed by atoms with Crippen LogP contribution < -0.4 is 5.32 Å². The van der Waals surface area contributed by atoms with Gasteiger partial charge < -0.3 is 10.1 Å². The number of esters is 1. The van der Waals surface area contributed by atoms with Crippen molar-refractivity contribution in [1.29, 1.82) is 0 Å². The van der Waals surface area contributed by atoms with Gasteiger partial charge in [-0.15, -0.1) is 0 Å². The number of carbonyl (C=O) groups excluding carboxylic acids is 2. The smallest absolute Gasteiger partial charge is 0.311 e. The summed E-state index contributed by atoms with van der Waals surface area (Å²) in [6.45, 7) is 0. The first-order valence-corrected chi connectivity index (χ1v) is 8.16. The molecule has 3 aliphatic rings. The van der Waals surface area contributed by atoms with Gasteiger partial charge in [-0.25, -0.2) is 9.97 Å². The lowest BCUT2D eigenvalue weighted by atomic mass is 9.53. The van der Waals surface area contributed by atoms with Gasteiger partial charge in [-0.2, -0.15) is 0 Å². The summed E-state index contributed by atoms with van der Waals surface area (Å²) in [6, 6.07) is 0. The molecule has 1 heterocycles. The summed E-state index contributed by atoms with van der Waals surface area (Å²) < 4.78 is 5.57. The maximum Gasteiger partial charge on any atom is 0.311 e. The fourth-order valence-corrected chi connectivity index (χ4v) is 3.88. The first kappa shape index (κ1) is 15.4. The second-order valence-electron chi connectivity index (χ2n) is 6.23. The molecular weight excluding hydrogens is 350 g/mol. The van der Waals surface area contributed by atoms with E-state index in [1.54, 1.807) is 6.20 Å². The maximum atomic E-state index is 12.7. The van der Waals surface area contributed by atoms with Crippen molar-refractivity contribution in [1.82, 2.24) is 9.97 Å². The number of carbonyl (C=O) groups is 2. The zero-order valence-electron chi connectivity index (χ0n) is 12.4. The number of nitrogens with one attached hydrogen (secondary N) is 1. The Morgan fingerprint density at radius 2 is 1.68 bits per heavy atom. The van der Waals surface area contributed by atoms with Gasteiger partial charge in [-0.3, -0.25) is 9.59 Å². The van der Waals surface area contributed by atoms with Gasteiger partial charge in [0.15, 0.2) is 5.82 Å². The van der Waals surface area contributed by atoms with E-state index in [2.05, 4.69) is 31.2 Å². The minimum Gasteiger partial charge on any atom is -0.469 e. The van der Waals surface area contributed by atoms with E-state index >= 15 is 0 Å². The lowest BCUT2D eigenvalue weighted by molar-refractivity contribution is -0.165. The van der Waals surface area contributed by atoms with Crippen molar-refractivity contribution in [2.45, 2.75) is 38.5 Å². The van der Waals surface area contributed by atoms with E-state index in [0.29, 0.717) is 10.4 Å². The lowest BCUT2D eigenvalue weighted by Crippen LogP contribution is -2.51. The fraction of sp³-hybridized carbons (Fsp3) is 0.600. The zero-order valence-corrected chi connectivity index (χ0v) is 14.0. The number of amides is 1. The Morgan fingerprint density at radius 3 is 2.18 bits per heavy atom. The van der Waals surface area contributed by atoms with Crippen molar-refractivity contribution in [3.8, 4) is 0 Å². The SMILES string of the molecule is COC(=O)C12CCC(C(=O)Nc3cnc(Br)cn3)(CC1)CC2. The third kappa shape index (κ3) is 2.51. The predicted octanol–water partition coefficient (Wildman–Crippen LogP) is 2.69. The van der Waals surface area contributed by atoms with Crippen LogP contribution in [0.15, 0.2) is 17.0 Å². The molecule has 0 spiro atoms. The van der Waals surface area contributed by atoms with Gasteiger partial charge in [0.05, 0.1) is 24.9 Å². The van der Waals surface area contributed by atoms with E-state index in [4.69, 9.17) is 4.74 Å². The van der Waals surface area contributed by atoms with Crippen LogP contribution in [0.1, 0.15) is 38.5 Å². The molecule has 1 N–H and O–H groups in total. The van der Waals surface area contributed by atoms with Crippen molar-refractivity contribution in [2.24, 2.45) is 10.8 Å². The van der Waals surface area contributed by atoms with Gasteiger partial charge in [0.2, 0.25) is 5.91 Å². The van der Waals surface area contributed by atoms with Crippen LogP contribution in [-0.2, 0) is 14.3 Å². The topological polar surface area (TPSA) is 81.2 Å². The molecule has 3 saturated carbocycles. The van der Waals surface area contributed by atoms with Crippen molar-refractivity contribution in [2.75, 3.05) is 12.4 Å². The Labute approximate surface area is 137 Å². The average molecular weight is 368 g/mol. The van der Waals surface area contributed by atoms with Crippen LogP contribution >= 0.6 is 15.9 Å². The monoisotopic (exact) mass is 367 g/mol. The molecule has 0 aromatic carbocycles. The largest absolute Gasteiger partial charge is 0.469 e. The lowest BCUT2D eigenvalue weighted by Gasteiger charge is -2.50. The van der Waals surface area contributed by atoms with E-state index in [1.807, 2.05) is 0 Å². The van der Waals surface area contributed by atoms with Gasteiger partial charge in [-0.05, 0) is 54.5 Å². The van der Waals surface area contributed by atoms with Gasteiger partial charge in [0, 0.05) is 5.41 Å². The summed E-state index contributed by atoms with van der Waals surface area (Å²) in [7, 11) is 1.44. The normalized spacial score (nSPS) is 29.9. The Hall–Kier alpha value is -1.50. The molecule has 22 heavy (non-hydrogen) atoms. The van der Waals surface area contributed by atoms with Crippen molar-refractivity contribution < 1.29 is 14.3 Å².